The van der Waals surface area contributed by atoms with Gasteiger partial charge in [-0.15, -0.1) is 0 Å². The highest BCUT2D eigenvalue weighted by atomic mass is 32.2. The highest BCUT2D eigenvalue weighted by Crippen LogP contribution is 2.28. The minimum atomic E-state index is -0.244. The number of hydrogen-bond donors (Lipinski definition) is 1. The highest BCUT2D eigenvalue weighted by molar-refractivity contribution is 7.99. The van der Waals surface area contributed by atoms with Gasteiger partial charge in [0.1, 0.15) is 10.4 Å². The molecule has 0 atom stereocenters. The van der Waals surface area contributed by atoms with Gasteiger partial charge in [-0.3, -0.25) is 18.7 Å². The summed E-state index contributed by atoms with van der Waals surface area (Å²) in [4.78, 5) is 31.7. The van der Waals surface area contributed by atoms with Gasteiger partial charge in [-0.25, -0.2) is 4.98 Å². The van der Waals surface area contributed by atoms with Crippen LogP contribution in [0.5, 0.6) is 5.75 Å². The Morgan fingerprint density at radius 3 is 2.38 bits per heavy atom. The van der Waals surface area contributed by atoms with E-state index in [1.54, 1.807) is 23.8 Å². The zero-order chi connectivity index (χ0) is 27.5. The Hall–Kier alpha value is -3.73. The summed E-state index contributed by atoms with van der Waals surface area (Å²) in [5.41, 5.74) is 4.62. The van der Waals surface area contributed by atoms with Crippen LogP contribution in [-0.4, -0.2) is 32.9 Å². The number of rotatable bonds is 8. The second kappa shape index (κ2) is 11.6. The number of anilines is 1. The Labute approximate surface area is 239 Å². The number of fused-ring (bicyclic) bond motifs is 1. The van der Waals surface area contributed by atoms with Gasteiger partial charge in [0.05, 0.1) is 24.2 Å². The molecule has 0 saturated carbocycles. The summed E-state index contributed by atoms with van der Waals surface area (Å²) in [5, 5.41) is 3.28. The Bertz CT molecular complexity index is 1770. The number of nitrogens with one attached hydrogen (secondary N) is 1. The minimum Gasteiger partial charge on any atom is -0.495 e. The average molecular weight is 575 g/mol. The van der Waals surface area contributed by atoms with Gasteiger partial charge in [0.15, 0.2) is 14.8 Å². The molecule has 0 bridgehead atoms. The first kappa shape index (κ1) is 26.9. The van der Waals surface area contributed by atoms with Gasteiger partial charge in [0.25, 0.3) is 5.56 Å². The normalized spacial score (nSPS) is 11.1. The van der Waals surface area contributed by atoms with E-state index in [4.69, 9.17) is 21.9 Å². The smallest absolute Gasteiger partial charge is 0.278 e. The SMILES string of the molecule is CCc1ccc(-n2c(=S)sc3c(=O)n(-c4ccc(C)cc4)c(SCC(=O)Nc4ccccc4OC)nc32)cc1. The third-order valence-corrected chi connectivity index (χ3v) is 8.48. The number of aromatic nitrogens is 3. The summed E-state index contributed by atoms with van der Waals surface area (Å²) < 4.78 is 9.72. The van der Waals surface area contributed by atoms with Crippen LogP contribution in [0.2, 0.25) is 0 Å². The molecule has 0 unspecified atom stereocenters. The molecule has 10 heteroatoms. The first-order chi connectivity index (χ1) is 18.9. The number of carbonyl (C=O) groups is 1. The Morgan fingerprint density at radius 1 is 1.03 bits per heavy atom. The molecule has 39 heavy (non-hydrogen) atoms. The van der Waals surface area contributed by atoms with Gasteiger partial charge in [0, 0.05) is 5.69 Å². The predicted octanol–water partition coefficient (Wildman–Crippen LogP) is 6.58. The standard InChI is InChI=1S/C29H26N4O3S3/c1-4-19-11-15-20(16-12-19)32-26-25(39-29(32)37)27(35)33(21-13-9-18(2)10-14-21)28(31-26)38-17-24(34)30-22-7-5-6-8-23(22)36-3/h5-16H,4,17H2,1-3H3,(H,30,34). The second-order valence-corrected chi connectivity index (χ2v) is 11.4. The lowest BCUT2D eigenvalue weighted by Gasteiger charge is -2.14. The summed E-state index contributed by atoms with van der Waals surface area (Å²) >= 11 is 8.12. The van der Waals surface area contributed by atoms with Crippen LogP contribution in [-0.2, 0) is 11.2 Å². The van der Waals surface area contributed by atoms with E-state index < -0.39 is 0 Å². The molecule has 0 aliphatic rings. The van der Waals surface area contributed by atoms with Crippen molar-refractivity contribution in [2.45, 2.75) is 25.4 Å². The van der Waals surface area contributed by atoms with Crippen LogP contribution in [0.15, 0.2) is 82.7 Å². The number of carbonyl (C=O) groups excluding carboxylic acids is 1. The van der Waals surface area contributed by atoms with Crippen LogP contribution in [0.25, 0.3) is 21.7 Å². The molecular weight excluding hydrogens is 549 g/mol. The summed E-state index contributed by atoms with van der Waals surface area (Å²) in [7, 11) is 1.55. The zero-order valence-electron chi connectivity index (χ0n) is 21.6. The number of aryl methyl sites for hydroxylation is 2. The van der Waals surface area contributed by atoms with Gasteiger partial charge >= 0.3 is 0 Å². The quantitative estimate of drug-likeness (QED) is 0.128. The lowest BCUT2D eigenvalue weighted by atomic mass is 10.1. The number of amides is 1. The molecule has 2 heterocycles. The molecule has 7 nitrogen and oxygen atoms in total. The van der Waals surface area contributed by atoms with Gasteiger partial charge in [-0.2, -0.15) is 0 Å². The van der Waals surface area contributed by atoms with E-state index in [-0.39, 0.29) is 17.2 Å². The molecule has 0 saturated heterocycles. The van der Waals surface area contributed by atoms with E-state index in [1.165, 1.54) is 28.7 Å². The fraction of sp³-hybridized carbons (Fsp3) is 0.172. The van der Waals surface area contributed by atoms with Crippen molar-refractivity contribution in [2.75, 3.05) is 18.2 Å². The van der Waals surface area contributed by atoms with Gasteiger partial charge in [-0.05, 0) is 67.5 Å². The lowest BCUT2D eigenvalue weighted by Crippen LogP contribution is -2.23. The molecule has 2 aromatic heterocycles. The zero-order valence-corrected chi connectivity index (χ0v) is 24.1. The van der Waals surface area contributed by atoms with Crippen LogP contribution in [0, 0.1) is 10.9 Å². The van der Waals surface area contributed by atoms with Crippen molar-refractivity contribution in [3.05, 3.63) is 98.2 Å². The fourth-order valence-corrected chi connectivity index (χ4v) is 6.23. The summed E-state index contributed by atoms with van der Waals surface area (Å²) in [6.45, 7) is 4.09. The van der Waals surface area contributed by atoms with E-state index in [0.717, 1.165) is 17.7 Å². The van der Waals surface area contributed by atoms with Gasteiger partial charge < -0.3 is 10.1 Å². The molecule has 5 rings (SSSR count). The molecule has 0 radical (unpaired) electrons. The summed E-state index contributed by atoms with van der Waals surface area (Å²) in [6, 6.07) is 22.9. The third-order valence-electron chi connectivity index (χ3n) is 6.19. The maximum atomic E-state index is 13.9. The lowest BCUT2D eigenvalue weighted by molar-refractivity contribution is -0.113. The molecule has 198 valence electrons. The largest absolute Gasteiger partial charge is 0.495 e. The van der Waals surface area contributed by atoms with Crippen molar-refractivity contribution in [2.24, 2.45) is 0 Å². The topological polar surface area (TPSA) is 78.2 Å². The Morgan fingerprint density at radius 2 is 1.69 bits per heavy atom. The average Bonchev–Trinajstić information content (AvgIpc) is 3.29. The van der Waals surface area contributed by atoms with Crippen molar-refractivity contribution < 1.29 is 9.53 Å². The Kier molecular flexibility index (Phi) is 7.97. The summed E-state index contributed by atoms with van der Waals surface area (Å²) in [5.74, 6) is 0.364. The van der Waals surface area contributed by atoms with Crippen molar-refractivity contribution in [1.82, 2.24) is 14.1 Å². The molecular formula is C29H26N4O3S3. The minimum absolute atomic E-state index is 0.0396. The fourth-order valence-electron chi connectivity index (χ4n) is 4.13. The molecule has 5 aromatic rings. The van der Waals surface area contributed by atoms with Crippen molar-refractivity contribution >= 4 is 57.3 Å². The van der Waals surface area contributed by atoms with E-state index in [2.05, 4.69) is 12.2 Å². The van der Waals surface area contributed by atoms with Crippen LogP contribution >= 0.6 is 35.3 Å². The molecule has 0 aliphatic carbocycles. The first-order valence-corrected chi connectivity index (χ1v) is 14.5. The number of nitrogens with zero attached hydrogens (tertiary/aromatic N) is 3. The van der Waals surface area contributed by atoms with Crippen LogP contribution in [0.1, 0.15) is 18.1 Å². The number of hydrogen-bond acceptors (Lipinski definition) is 7. The van der Waals surface area contributed by atoms with E-state index in [1.807, 2.05) is 72.2 Å². The van der Waals surface area contributed by atoms with E-state index in [0.29, 0.717) is 36.6 Å². The van der Waals surface area contributed by atoms with Gasteiger partial charge in [0.2, 0.25) is 5.91 Å². The highest BCUT2D eigenvalue weighted by Gasteiger charge is 2.20. The molecule has 0 spiro atoms. The van der Waals surface area contributed by atoms with Crippen molar-refractivity contribution in [1.29, 1.82) is 0 Å². The van der Waals surface area contributed by atoms with Crippen molar-refractivity contribution in [3.8, 4) is 17.1 Å². The maximum Gasteiger partial charge on any atom is 0.278 e. The van der Waals surface area contributed by atoms with Crippen LogP contribution in [0.4, 0.5) is 5.69 Å². The molecule has 3 aromatic carbocycles. The number of methoxy groups -OCH3 is 1. The predicted molar refractivity (Wildman–Crippen MR) is 162 cm³/mol. The third kappa shape index (κ3) is 5.54. The second-order valence-electron chi connectivity index (χ2n) is 8.78. The van der Waals surface area contributed by atoms with E-state index >= 15 is 0 Å². The molecule has 1 N–H and O–H groups in total. The van der Waals surface area contributed by atoms with Gasteiger partial charge in [-0.1, -0.05) is 72.0 Å². The maximum absolute atomic E-state index is 13.9. The number of benzene rings is 3. The van der Waals surface area contributed by atoms with Crippen molar-refractivity contribution in [3.63, 3.8) is 0 Å². The Balaban J connectivity index is 1.58. The molecule has 0 fully saturated rings. The van der Waals surface area contributed by atoms with Crippen LogP contribution < -0.4 is 15.6 Å². The first-order valence-electron chi connectivity index (χ1n) is 12.3. The number of thioether (sulfide) groups is 1. The van der Waals surface area contributed by atoms with Crippen LogP contribution in [0.3, 0.4) is 0 Å². The number of thiazole rings is 1. The molecule has 1 amide bonds. The monoisotopic (exact) mass is 574 g/mol. The number of para-hydroxylation sites is 2. The molecule has 0 aliphatic heterocycles. The summed E-state index contributed by atoms with van der Waals surface area (Å²) in [6.07, 6.45) is 0.924. The van der Waals surface area contributed by atoms with E-state index in [9.17, 15) is 9.59 Å². The number of ether oxygens (including phenoxy) is 1.